The van der Waals surface area contributed by atoms with Crippen LogP contribution in [0.2, 0.25) is 0 Å². The number of carbonyl (C=O) groups is 2. The number of unbranched alkanes of at least 4 members (excludes halogenated alkanes) is 2. The molecule has 1 N–H and O–H groups in total. The van der Waals surface area contributed by atoms with Gasteiger partial charge in [-0.05, 0) is 68.0 Å². The van der Waals surface area contributed by atoms with Gasteiger partial charge in [0.1, 0.15) is 0 Å². The van der Waals surface area contributed by atoms with E-state index in [9.17, 15) is 9.59 Å². The number of benzene rings is 2. The summed E-state index contributed by atoms with van der Waals surface area (Å²) in [6, 6.07) is 13.4. The van der Waals surface area contributed by atoms with Gasteiger partial charge < -0.3 is 15.1 Å². The molecule has 31 heavy (non-hydrogen) atoms. The van der Waals surface area contributed by atoms with Crippen LogP contribution in [0, 0.1) is 0 Å². The molecule has 0 saturated carbocycles. The highest BCUT2D eigenvalue weighted by atomic mass is 16.2. The van der Waals surface area contributed by atoms with Gasteiger partial charge in [0.2, 0.25) is 0 Å². The van der Waals surface area contributed by atoms with Crippen molar-refractivity contribution in [1.29, 1.82) is 0 Å². The van der Waals surface area contributed by atoms with Crippen LogP contribution in [0.15, 0.2) is 42.5 Å². The van der Waals surface area contributed by atoms with Crippen molar-refractivity contribution in [3.8, 4) is 0 Å². The van der Waals surface area contributed by atoms with Crippen LogP contribution in [0.25, 0.3) is 0 Å². The third-order valence-corrected chi connectivity index (χ3v) is 5.90. The lowest BCUT2D eigenvalue weighted by atomic mass is 10.0. The molecule has 2 aromatic carbocycles. The van der Waals surface area contributed by atoms with E-state index in [0.29, 0.717) is 16.8 Å². The number of hydrogen-bond donors (Lipinski definition) is 1. The number of nitrogens with one attached hydrogen (secondary N) is 1. The van der Waals surface area contributed by atoms with E-state index in [-0.39, 0.29) is 11.8 Å². The number of anilines is 2. The van der Waals surface area contributed by atoms with Gasteiger partial charge in [-0.15, -0.1) is 0 Å². The van der Waals surface area contributed by atoms with Gasteiger partial charge in [0.15, 0.2) is 0 Å². The first-order valence-corrected chi connectivity index (χ1v) is 11.5. The average molecular weight is 422 g/mol. The minimum Gasteiger partial charge on any atom is -0.377 e. The summed E-state index contributed by atoms with van der Waals surface area (Å²) in [6.07, 6.45) is 7.93. The normalized spacial score (nSPS) is 13.7. The summed E-state index contributed by atoms with van der Waals surface area (Å²) in [4.78, 5) is 29.8. The quantitative estimate of drug-likeness (QED) is 0.584. The molecule has 1 aliphatic heterocycles. The van der Waals surface area contributed by atoms with Crippen molar-refractivity contribution in [3.63, 3.8) is 0 Å². The van der Waals surface area contributed by atoms with Crippen LogP contribution in [0.1, 0.15) is 71.7 Å². The molecule has 1 saturated heterocycles. The number of hydrogen-bond acceptors (Lipinski definition) is 3. The monoisotopic (exact) mass is 421 g/mol. The van der Waals surface area contributed by atoms with Gasteiger partial charge in [-0.25, -0.2) is 0 Å². The molecule has 3 rings (SSSR count). The van der Waals surface area contributed by atoms with E-state index in [4.69, 9.17) is 0 Å². The zero-order valence-electron chi connectivity index (χ0n) is 19.1. The van der Waals surface area contributed by atoms with E-state index < -0.39 is 0 Å². The maximum Gasteiger partial charge on any atom is 0.256 e. The predicted octanol–water partition coefficient (Wildman–Crippen LogP) is 5.36. The SMILES string of the molecule is CCCCCc1ccc(C(=O)Nc2ccc(N(C)C)c(C(=O)N3CCCCC3)c2)cc1. The molecule has 0 radical (unpaired) electrons. The van der Waals surface area contributed by atoms with Crippen LogP contribution in [-0.4, -0.2) is 43.9 Å². The molecule has 0 atom stereocenters. The second-order valence-electron chi connectivity index (χ2n) is 8.59. The summed E-state index contributed by atoms with van der Waals surface area (Å²) in [5, 5.41) is 2.97. The summed E-state index contributed by atoms with van der Waals surface area (Å²) in [5.74, 6) is -0.120. The minimum absolute atomic E-state index is 0.0379. The van der Waals surface area contributed by atoms with Crippen molar-refractivity contribution in [2.45, 2.75) is 51.9 Å². The van der Waals surface area contributed by atoms with Crippen molar-refractivity contribution < 1.29 is 9.59 Å². The summed E-state index contributed by atoms with van der Waals surface area (Å²) in [5.41, 5.74) is 4.03. The zero-order chi connectivity index (χ0) is 22.2. The van der Waals surface area contributed by atoms with Gasteiger partial charge in [0.25, 0.3) is 11.8 Å². The number of amides is 2. The predicted molar refractivity (Wildman–Crippen MR) is 128 cm³/mol. The third kappa shape index (κ3) is 6.09. The Morgan fingerprint density at radius 3 is 2.32 bits per heavy atom. The lowest BCUT2D eigenvalue weighted by molar-refractivity contribution is 0.0724. The van der Waals surface area contributed by atoms with Crippen molar-refractivity contribution in [3.05, 3.63) is 59.2 Å². The number of aryl methyl sites for hydroxylation is 1. The molecule has 166 valence electrons. The summed E-state index contributed by atoms with van der Waals surface area (Å²) >= 11 is 0. The molecule has 1 fully saturated rings. The average Bonchev–Trinajstić information content (AvgIpc) is 2.79. The van der Waals surface area contributed by atoms with Crippen molar-refractivity contribution in [2.24, 2.45) is 0 Å². The highest BCUT2D eigenvalue weighted by Gasteiger charge is 2.22. The van der Waals surface area contributed by atoms with Gasteiger partial charge in [-0.1, -0.05) is 31.9 Å². The molecular weight excluding hydrogens is 386 g/mol. The first-order valence-electron chi connectivity index (χ1n) is 11.5. The molecule has 0 aromatic heterocycles. The fourth-order valence-corrected chi connectivity index (χ4v) is 4.05. The van der Waals surface area contributed by atoms with Gasteiger partial charge in [0.05, 0.1) is 5.56 Å². The molecular formula is C26H35N3O2. The van der Waals surface area contributed by atoms with Crippen molar-refractivity contribution in [2.75, 3.05) is 37.4 Å². The Hall–Kier alpha value is -2.82. The highest BCUT2D eigenvalue weighted by Crippen LogP contribution is 2.26. The van der Waals surface area contributed by atoms with E-state index in [1.54, 1.807) is 0 Å². The molecule has 0 bridgehead atoms. The van der Waals surface area contributed by atoms with E-state index >= 15 is 0 Å². The molecule has 0 spiro atoms. The Labute approximate surface area is 186 Å². The Morgan fingerprint density at radius 1 is 0.968 bits per heavy atom. The lowest BCUT2D eigenvalue weighted by Crippen LogP contribution is -2.36. The van der Waals surface area contributed by atoms with Crippen molar-refractivity contribution in [1.82, 2.24) is 4.90 Å². The van der Waals surface area contributed by atoms with Gasteiger partial charge in [0, 0.05) is 44.1 Å². The number of carbonyl (C=O) groups excluding carboxylic acids is 2. The topological polar surface area (TPSA) is 52.7 Å². The molecule has 0 aliphatic carbocycles. The van der Waals surface area contributed by atoms with Crippen LogP contribution in [-0.2, 0) is 6.42 Å². The first kappa shape index (κ1) is 22.9. The van der Waals surface area contributed by atoms with Gasteiger partial charge in [-0.2, -0.15) is 0 Å². The van der Waals surface area contributed by atoms with Crippen LogP contribution < -0.4 is 10.2 Å². The molecule has 5 heteroatoms. The minimum atomic E-state index is -0.158. The molecule has 0 unspecified atom stereocenters. The third-order valence-electron chi connectivity index (χ3n) is 5.90. The Balaban J connectivity index is 1.73. The molecule has 1 aliphatic rings. The smallest absolute Gasteiger partial charge is 0.256 e. The van der Waals surface area contributed by atoms with Crippen molar-refractivity contribution >= 4 is 23.2 Å². The molecule has 1 heterocycles. The van der Waals surface area contributed by atoms with Crippen LogP contribution in [0.4, 0.5) is 11.4 Å². The largest absolute Gasteiger partial charge is 0.377 e. The van der Waals surface area contributed by atoms with Gasteiger partial charge >= 0.3 is 0 Å². The highest BCUT2D eigenvalue weighted by molar-refractivity contribution is 6.06. The number of likely N-dealkylation sites (tertiary alicyclic amines) is 1. The maximum absolute atomic E-state index is 13.2. The summed E-state index contributed by atoms with van der Waals surface area (Å²) < 4.78 is 0. The van der Waals surface area contributed by atoms with Crippen LogP contribution >= 0.6 is 0 Å². The maximum atomic E-state index is 13.2. The number of rotatable bonds is 8. The number of nitrogens with zero attached hydrogens (tertiary/aromatic N) is 2. The van der Waals surface area contributed by atoms with E-state index in [1.165, 1.54) is 31.2 Å². The lowest BCUT2D eigenvalue weighted by Gasteiger charge is -2.28. The zero-order valence-corrected chi connectivity index (χ0v) is 19.1. The second-order valence-corrected chi connectivity index (χ2v) is 8.59. The van der Waals surface area contributed by atoms with E-state index in [1.807, 2.05) is 66.4 Å². The Morgan fingerprint density at radius 2 is 1.68 bits per heavy atom. The van der Waals surface area contributed by atoms with E-state index in [0.717, 1.165) is 38.0 Å². The first-order chi connectivity index (χ1) is 15.0. The number of piperidine rings is 1. The van der Waals surface area contributed by atoms with Crippen LogP contribution in [0.3, 0.4) is 0 Å². The molecule has 5 nitrogen and oxygen atoms in total. The fraction of sp³-hybridized carbons (Fsp3) is 0.462. The van der Waals surface area contributed by atoms with Gasteiger partial charge in [-0.3, -0.25) is 9.59 Å². The summed E-state index contributed by atoms with van der Waals surface area (Å²) in [7, 11) is 3.87. The van der Waals surface area contributed by atoms with E-state index in [2.05, 4.69) is 12.2 Å². The Kier molecular flexibility index (Phi) is 8.10. The molecule has 2 aromatic rings. The van der Waals surface area contributed by atoms with Crippen LogP contribution in [0.5, 0.6) is 0 Å². The standard InChI is InChI=1S/C26H35N3O2/c1-4-5-7-10-20-11-13-21(14-12-20)25(30)27-22-15-16-24(28(2)3)23(19-22)26(31)29-17-8-6-9-18-29/h11-16,19H,4-10,17-18H2,1-3H3,(H,27,30). The Bertz CT molecular complexity index is 884. The second kappa shape index (κ2) is 11.0. The fourth-order valence-electron chi connectivity index (χ4n) is 4.05. The summed E-state index contributed by atoms with van der Waals surface area (Å²) in [6.45, 7) is 3.80. The molecule has 2 amide bonds.